The Balaban J connectivity index is 1.56. The average Bonchev–Trinajstić information content (AvgIpc) is 3.09. The molecule has 0 saturated carbocycles. The van der Waals surface area contributed by atoms with Gasteiger partial charge in [0.1, 0.15) is 11.5 Å². The number of rotatable bonds is 3. The lowest BCUT2D eigenvalue weighted by molar-refractivity contribution is 0.146. The zero-order chi connectivity index (χ0) is 18.3. The molecule has 4 rings (SSSR count). The topological polar surface area (TPSA) is 82.4 Å². The van der Waals surface area contributed by atoms with Gasteiger partial charge in [-0.25, -0.2) is 18.7 Å². The first-order valence-corrected chi connectivity index (χ1v) is 8.22. The Kier molecular flexibility index (Phi) is 4.02. The lowest BCUT2D eigenvalue weighted by Crippen LogP contribution is -2.48. The highest BCUT2D eigenvalue weighted by Gasteiger charge is 2.22. The fraction of sp³-hybridized carbons (Fsp3) is 0.375. The van der Waals surface area contributed by atoms with Crippen LogP contribution in [-0.2, 0) is 0 Å². The van der Waals surface area contributed by atoms with E-state index in [0.29, 0.717) is 26.2 Å². The van der Waals surface area contributed by atoms with Crippen LogP contribution >= 0.6 is 0 Å². The fourth-order valence-corrected chi connectivity index (χ4v) is 3.12. The lowest BCUT2D eigenvalue weighted by atomic mass is 10.3. The normalized spacial score (nSPS) is 15.2. The summed E-state index contributed by atoms with van der Waals surface area (Å²) in [6.45, 7) is 4.29. The highest BCUT2D eigenvalue weighted by atomic mass is 19.3. The number of aromatic amines is 1. The Morgan fingerprint density at radius 1 is 1.12 bits per heavy atom. The second-order valence-electron chi connectivity index (χ2n) is 6.13. The molecular formula is C16H17F2N7O. The molecule has 1 fully saturated rings. The Labute approximate surface area is 147 Å². The minimum absolute atomic E-state index is 0.183. The zero-order valence-electron chi connectivity index (χ0n) is 14.1. The molecule has 8 nitrogen and oxygen atoms in total. The second kappa shape index (κ2) is 6.36. The van der Waals surface area contributed by atoms with Crippen molar-refractivity contribution in [1.29, 1.82) is 0 Å². The van der Waals surface area contributed by atoms with E-state index in [1.165, 1.54) is 0 Å². The molecule has 10 heteroatoms. The molecule has 0 bridgehead atoms. The predicted octanol–water partition coefficient (Wildman–Crippen LogP) is 1.39. The first-order valence-electron chi connectivity index (χ1n) is 8.22. The highest BCUT2D eigenvalue weighted by Crippen LogP contribution is 2.21. The molecule has 26 heavy (non-hydrogen) atoms. The van der Waals surface area contributed by atoms with Crippen LogP contribution in [-0.4, -0.2) is 50.7 Å². The predicted molar refractivity (Wildman–Crippen MR) is 92.0 cm³/mol. The Morgan fingerprint density at radius 2 is 1.85 bits per heavy atom. The molecule has 1 saturated heterocycles. The largest absolute Gasteiger partial charge is 0.353 e. The summed E-state index contributed by atoms with van der Waals surface area (Å²) in [5.41, 5.74) is 0.592. The van der Waals surface area contributed by atoms with E-state index in [9.17, 15) is 13.6 Å². The number of nitrogens with zero attached hydrogens (tertiary/aromatic N) is 6. The van der Waals surface area contributed by atoms with E-state index in [0.717, 1.165) is 23.2 Å². The quantitative estimate of drug-likeness (QED) is 0.759. The molecule has 0 amide bonds. The van der Waals surface area contributed by atoms with Crippen LogP contribution in [0.25, 0.3) is 5.65 Å². The van der Waals surface area contributed by atoms with E-state index < -0.39 is 17.7 Å². The third kappa shape index (κ3) is 2.98. The number of aryl methyl sites for hydroxylation is 1. The van der Waals surface area contributed by atoms with Crippen molar-refractivity contribution in [3.63, 3.8) is 0 Å². The maximum atomic E-state index is 12.9. The number of aromatic nitrogens is 5. The van der Waals surface area contributed by atoms with Gasteiger partial charge >= 0.3 is 0 Å². The van der Waals surface area contributed by atoms with Crippen molar-refractivity contribution in [2.24, 2.45) is 0 Å². The van der Waals surface area contributed by atoms with E-state index >= 15 is 0 Å². The summed E-state index contributed by atoms with van der Waals surface area (Å²) in [6, 6.07) is 4.64. The molecular weight excluding hydrogens is 344 g/mol. The van der Waals surface area contributed by atoms with Crippen molar-refractivity contribution >= 4 is 17.4 Å². The summed E-state index contributed by atoms with van der Waals surface area (Å²) >= 11 is 0. The van der Waals surface area contributed by atoms with Gasteiger partial charge in [-0.1, -0.05) is 0 Å². The molecule has 3 aromatic heterocycles. The number of nitrogens with one attached hydrogen (secondary N) is 1. The van der Waals surface area contributed by atoms with Crippen LogP contribution in [0.2, 0.25) is 0 Å². The number of piperazine rings is 1. The molecule has 0 aliphatic carbocycles. The standard InChI is InChI=1S/C16H17F2N7O/c1-10-8-14(25-12(20-10)2-3-19-25)23-4-6-24(7-5-23)16-21-11(15(17)18)9-13(26)22-16/h2-3,8-9,15H,4-7H2,1H3,(H,21,22,26). The van der Waals surface area contributed by atoms with Crippen LogP contribution < -0.4 is 15.4 Å². The third-order valence-electron chi connectivity index (χ3n) is 4.34. The van der Waals surface area contributed by atoms with Crippen LogP contribution in [0.5, 0.6) is 0 Å². The summed E-state index contributed by atoms with van der Waals surface area (Å²) in [6.07, 6.45) is -1.07. The molecule has 0 unspecified atom stereocenters. The van der Waals surface area contributed by atoms with Crippen molar-refractivity contribution in [2.75, 3.05) is 36.0 Å². The van der Waals surface area contributed by atoms with Gasteiger partial charge in [0.15, 0.2) is 5.65 Å². The van der Waals surface area contributed by atoms with Gasteiger partial charge in [-0.3, -0.25) is 9.78 Å². The zero-order valence-corrected chi connectivity index (χ0v) is 14.1. The van der Waals surface area contributed by atoms with Gasteiger partial charge in [0.05, 0.1) is 6.20 Å². The maximum absolute atomic E-state index is 12.9. The monoisotopic (exact) mass is 361 g/mol. The minimum atomic E-state index is -2.77. The van der Waals surface area contributed by atoms with Crippen LogP contribution in [0.4, 0.5) is 20.5 Å². The minimum Gasteiger partial charge on any atom is -0.353 e. The maximum Gasteiger partial charge on any atom is 0.280 e. The molecule has 1 aliphatic heterocycles. The molecule has 0 atom stereocenters. The number of alkyl halides is 2. The molecule has 1 N–H and O–H groups in total. The van der Waals surface area contributed by atoms with E-state index in [-0.39, 0.29) is 5.95 Å². The van der Waals surface area contributed by atoms with Crippen LogP contribution in [0.15, 0.2) is 29.2 Å². The smallest absolute Gasteiger partial charge is 0.280 e. The van der Waals surface area contributed by atoms with Gasteiger partial charge in [0.25, 0.3) is 12.0 Å². The summed E-state index contributed by atoms with van der Waals surface area (Å²) in [4.78, 5) is 26.4. The Bertz CT molecular complexity index is 992. The van der Waals surface area contributed by atoms with Gasteiger partial charge < -0.3 is 9.80 Å². The summed E-state index contributed by atoms with van der Waals surface area (Å²) in [5.74, 6) is 1.11. The Morgan fingerprint density at radius 3 is 2.58 bits per heavy atom. The molecule has 0 radical (unpaired) electrons. The molecule has 136 valence electrons. The number of hydrogen-bond donors (Lipinski definition) is 1. The number of anilines is 2. The van der Waals surface area contributed by atoms with Crippen molar-refractivity contribution in [1.82, 2.24) is 24.6 Å². The fourth-order valence-electron chi connectivity index (χ4n) is 3.12. The van der Waals surface area contributed by atoms with Crippen molar-refractivity contribution in [3.05, 3.63) is 46.1 Å². The summed E-state index contributed by atoms with van der Waals surface area (Å²) < 4.78 is 27.5. The molecule has 4 heterocycles. The van der Waals surface area contributed by atoms with E-state index in [1.54, 1.807) is 15.6 Å². The van der Waals surface area contributed by atoms with Gasteiger partial charge in [0.2, 0.25) is 5.95 Å². The van der Waals surface area contributed by atoms with Gasteiger partial charge in [-0.2, -0.15) is 9.61 Å². The Hall–Kier alpha value is -3.04. The molecule has 3 aromatic rings. The van der Waals surface area contributed by atoms with Gasteiger partial charge in [-0.05, 0) is 6.92 Å². The summed E-state index contributed by atoms with van der Waals surface area (Å²) in [7, 11) is 0. The highest BCUT2D eigenvalue weighted by molar-refractivity contribution is 5.51. The molecule has 0 aromatic carbocycles. The number of hydrogen-bond acceptors (Lipinski definition) is 6. The van der Waals surface area contributed by atoms with Crippen LogP contribution in [0, 0.1) is 6.92 Å². The summed E-state index contributed by atoms with van der Waals surface area (Å²) in [5, 5.41) is 4.31. The van der Waals surface area contributed by atoms with Gasteiger partial charge in [-0.15, -0.1) is 0 Å². The van der Waals surface area contributed by atoms with Crippen LogP contribution in [0.3, 0.4) is 0 Å². The van der Waals surface area contributed by atoms with E-state index in [2.05, 4.69) is 25.0 Å². The van der Waals surface area contributed by atoms with Crippen molar-refractivity contribution in [2.45, 2.75) is 13.3 Å². The number of H-pyrrole nitrogens is 1. The first kappa shape index (κ1) is 16.4. The first-order chi connectivity index (χ1) is 12.5. The molecule has 0 spiro atoms. The van der Waals surface area contributed by atoms with E-state index in [4.69, 9.17) is 0 Å². The van der Waals surface area contributed by atoms with E-state index in [1.807, 2.05) is 19.1 Å². The number of fused-ring (bicyclic) bond motifs is 1. The van der Waals surface area contributed by atoms with Crippen LogP contribution in [0.1, 0.15) is 17.8 Å². The van der Waals surface area contributed by atoms with Gasteiger partial charge in [0, 0.05) is 50.1 Å². The lowest BCUT2D eigenvalue weighted by Gasteiger charge is -2.36. The average molecular weight is 361 g/mol. The van der Waals surface area contributed by atoms with Crippen molar-refractivity contribution in [3.8, 4) is 0 Å². The van der Waals surface area contributed by atoms with Crippen molar-refractivity contribution < 1.29 is 8.78 Å². The third-order valence-corrected chi connectivity index (χ3v) is 4.34. The number of halogens is 2. The SMILES string of the molecule is Cc1cc(N2CCN(c3nc(C(F)F)cc(=O)[nH]3)CC2)n2nccc2n1. The second-order valence-corrected chi connectivity index (χ2v) is 6.13. The molecule has 1 aliphatic rings.